The Hall–Kier alpha value is -7.29. The standard InChI is InChI=1S/C56H48N4O/c1-55(2,3)40-27-38(28-41(33-40)56(4,5)6)39-31-51(47-18-11-13-22-53(47)61-7)59-52(32-39)48-29-36(23-24-44(48)42-16-9-8-15-37(42)34-57)50-30-35(25-26-58-50)43-19-14-20-46-45-17-10-12-21-49(45)60-54(43)46/h8-33,60H,1-7H3. The average molecular weight is 793 g/mol. The van der Waals surface area contributed by atoms with Gasteiger partial charge in [0.2, 0.25) is 0 Å². The molecule has 0 atom stereocenters. The van der Waals surface area contributed by atoms with Crippen molar-refractivity contribution in [1.82, 2.24) is 15.0 Å². The fraction of sp³-hybridized carbons (Fsp3) is 0.161. The van der Waals surface area contributed by atoms with E-state index in [1.165, 1.54) is 21.9 Å². The first-order chi connectivity index (χ1) is 29.4. The maximum Gasteiger partial charge on any atom is 0.128 e. The van der Waals surface area contributed by atoms with Crippen LogP contribution in [0.25, 0.3) is 89.0 Å². The molecule has 0 saturated carbocycles. The number of pyridine rings is 2. The van der Waals surface area contributed by atoms with Crippen molar-refractivity contribution < 1.29 is 4.74 Å². The summed E-state index contributed by atoms with van der Waals surface area (Å²) < 4.78 is 5.92. The van der Waals surface area contributed by atoms with Crippen LogP contribution in [-0.2, 0) is 10.8 Å². The molecular formula is C56H48N4O. The number of ether oxygens (including phenoxy) is 1. The molecule has 3 aromatic heterocycles. The minimum atomic E-state index is -0.0682. The van der Waals surface area contributed by atoms with Gasteiger partial charge in [-0.3, -0.25) is 4.98 Å². The summed E-state index contributed by atoms with van der Waals surface area (Å²) in [5, 5.41) is 12.8. The molecule has 0 spiro atoms. The monoisotopic (exact) mass is 792 g/mol. The third-order valence-electron chi connectivity index (χ3n) is 11.7. The van der Waals surface area contributed by atoms with Gasteiger partial charge in [0, 0.05) is 50.3 Å². The summed E-state index contributed by atoms with van der Waals surface area (Å²) >= 11 is 0. The minimum absolute atomic E-state index is 0.0682. The summed E-state index contributed by atoms with van der Waals surface area (Å²) in [5.74, 6) is 0.742. The lowest BCUT2D eigenvalue weighted by atomic mass is 9.79. The van der Waals surface area contributed by atoms with Crippen molar-refractivity contribution in [2.45, 2.75) is 52.4 Å². The van der Waals surface area contributed by atoms with Crippen LogP contribution in [0.5, 0.6) is 5.75 Å². The van der Waals surface area contributed by atoms with Crippen LogP contribution in [0.2, 0.25) is 0 Å². The molecule has 9 aromatic rings. The van der Waals surface area contributed by atoms with Gasteiger partial charge in [0.1, 0.15) is 5.75 Å². The smallest absolute Gasteiger partial charge is 0.128 e. The number of rotatable bonds is 7. The fourth-order valence-corrected chi connectivity index (χ4v) is 8.33. The number of nitriles is 1. The van der Waals surface area contributed by atoms with E-state index in [1.54, 1.807) is 7.11 Å². The van der Waals surface area contributed by atoms with E-state index in [-0.39, 0.29) is 10.8 Å². The van der Waals surface area contributed by atoms with Gasteiger partial charge in [-0.2, -0.15) is 5.26 Å². The molecule has 0 saturated heterocycles. The predicted molar refractivity (Wildman–Crippen MR) is 253 cm³/mol. The molecular weight excluding hydrogens is 745 g/mol. The number of hydrogen-bond acceptors (Lipinski definition) is 4. The van der Waals surface area contributed by atoms with Gasteiger partial charge in [-0.25, -0.2) is 4.98 Å². The topological polar surface area (TPSA) is 74.6 Å². The van der Waals surface area contributed by atoms with Gasteiger partial charge in [-0.15, -0.1) is 0 Å². The Morgan fingerprint density at radius 1 is 0.508 bits per heavy atom. The molecule has 0 aliphatic rings. The van der Waals surface area contributed by atoms with Crippen LogP contribution in [0.1, 0.15) is 58.2 Å². The number of nitrogens with zero attached hydrogens (tertiary/aromatic N) is 3. The number of fused-ring (bicyclic) bond motifs is 3. The van der Waals surface area contributed by atoms with Crippen LogP contribution in [0, 0.1) is 11.3 Å². The Morgan fingerprint density at radius 3 is 1.87 bits per heavy atom. The zero-order valence-electron chi connectivity index (χ0n) is 35.8. The van der Waals surface area contributed by atoms with E-state index in [2.05, 4.69) is 162 Å². The highest BCUT2D eigenvalue weighted by atomic mass is 16.5. The van der Waals surface area contributed by atoms with Gasteiger partial charge in [0.25, 0.3) is 0 Å². The molecule has 1 N–H and O–H groups in total. The van der Waals surface area contributed by atoms with Crippen molar-refractivity contribution in [1.29, 1.82) is 5.26 Å². The number of H-pyrrole nitrogens is 1. The molecule has 9 rings (SSSR count). The normalized spacial score (nSPS) is 11.8. The molecule has 0 unspecified atom stereocenters. The van der Waals surface area contributed by atoms with Crippen LogP contribution in [0.3, 0.4) is 0 Å². The van der Waals surface area contributed by atoms with E-state index >= 15 is 0 Å². The molecule has 0 fully saturated rings. The zero-order valence-corrected chi connectivity index (χ0v) is 35.8. The van der Waals surface area contributed by atoms with Gasteiger partial charge in [0.05, 0.1) is 41.3 Å². The Bertz CT molecular complexity index is 3140. The van der Waals surface area contributed by atoms with Crippen LogP contribution in [-0.4, -0.2) is 22.1 Å². The quantitative estimate of drug-likeness (QED) is 0.174. The number of para-hydroxylation sites is 3. The predicted octanol–water partition coefficient (Wildman–Crippen LogP) is 14.6. The lowest BCUT2D eigenvalue weighted by Gasteiger charge is -2.26. The van der Waals surface area contributed by atoms with Crippen molar-refractivity contribution >= 4 is 21.8 Å². The van der Waals surface area contributed by atoms with Crippen LogP contribution in [0.15, 0.2) is 158 Å². The molecule has 0 amide bonds. The van der Waals surface area contributed by atoms with Crippen molar-refractivity contribution in [2.24, 2.45) is 0 Å². The van der Waals surface area contributed by atoms with E-state index in [9.17, 15) is 5.26 Å². The van der Waals surface area contributed by atoms with E-state index in [1.807, 2.05) is 48.7 Å². The second-order valence-electron chi connectivity index (χ2n) is 17.9. The second-order valence-corrected chi connectivity index (χ2v) is 17.9. The fourth-order valence-electron chi connectivity index (χ4n) is 8.33. The Balaban J connectivity index is 1.29. The number of aromatic amines is 1. The lowest BCUT2D eigenvalue weighted by molar-refractivity contribution is 0.416. The molecule has 0 aliphatic heterocycles. The molecule has 6 aromatic carbocycles. The van der Waals surface area contributed by atoms with Gasteiger partial charge in [-0.1, -0.05) is 139 Å². The Kier molecular flexibility index (Phi) is 9.88. The van der Waals surface area contributed by atoms with Crippen LogP contribution in [0.4, 0.5) is 0 Å². The highest BCUT2D eigenvalue weighted by Crippen LogP contribution is 2.42. The number of aromatic nitrogens is 3. The molecule has 5 nitrogen and oxygen atoms in total. The number of benzene rings is 6. The van der Waals surface area contributed by atoms with Crippen molar-refractivity contribution in [3.63, 3.8) is 0 Å². The summed E-state index contributed by atoms with van der Waals surface area (Å²) in [7, 11) is 1.70. The number of methoxy groups -OCH3 is 1. The summed E-state index contributed by atoms with van der Waals surface area (Å²) in [5.41, 5.74) is 16.4. The SMILES string of the molecule is COc1ccccc1-c1cc(-c2cc(C(C)(C)C)cc(C(C)(C)C)c2)cc(-c2cc(-c3cc(-c4cccc5c4[nH]c4ccccc45)ccn3)ccc2-c2ccccc2C#N)n1. The van der Waals surface area contributed by atoms with Crippen molar-refractivity contribution in [3.8, 4) is 79.0 Å². The molecule has 5 heteroatoms. The van der Waals surface area contributed by atoms with Gasteiger partial charge in [-0.05, 0) is 98.8 Å². The Morgan fingerprint density at radius 2 is 1.13 bits per heavy atom. The van der Waals surface area contributed by atoms with E-state index in [4.69, 9.17) is 14.7 Å². The van der Waals surface area contributed by atoms with E-state index in [0.717, 1.165) is 83.9 Å². The third-order valence-corrected chi connectivity index (χ3v) is 11.7. The highest BCUT2D eigenvalue weighted by molar-refractivity contribution is 6.11. The number of hydrogen-bond donors (Lipinski definition) is 1. The highest BCUT2D eigenvalue weighted by Gasteiger charge is 2.23. The maximum absolute atomic E-state index is 10.4. The summed E-state index contributed by atoms with van der Waals surface area (Å²) in [6.45, 7) is 13.6. The van der Waals surface area contributed by atoms with Crippen molar-refractivity contribution in [2.75, 3.05) is 7.11 Å². The number of nitrogens with one attached hydrogen (secondary N) is 1. The first-order valence-electron chi connectivity index (χ1n) is 20.8. The molecule has 0 aliphatic carbocycles. The molecule has 0 radical (unpaired) electrons. The first kappa shape index (κ1) is 39.2. The molecule has 61 heavy (non-hydrogen) atoms. The first-order valence-corrected chi connectivity index (χ1v) is 20.8. The second kappa shape index (κ2) is 15.4. The average Bonchev–Trinajstić information content (AvgIpc) is 3.67. The molecule has 0 bridgehead atoms. The van der Waals surface area contributed by atoms with E-state index < -0.39 is 0 Å². The van der Waals surface area contributed by atoms with Crippen LogP contribution < -0.4 is 4.74 Å². The summed E-state index contributed by atoms with van der Waals surface area (Å²) in [6, 6.07) is 55.2. The maximum atomic E-state index is 10.4. The third kappa shape index (κ3) is 7.47. The minimum Gasteiger partial charge on any atom is -0.496 e. The van der Waals surface area contributed by atoms with Gasteiger partial charge < -0.3 is 9.72 Å². The molecule has 298 valence electrons. The summed E-state index contributed by atoms with van der Waals surface area (Å²) in [4.78, 5) is 14.1. The Labute approximate surface area is 358 Å². The van der Waals surface area contributed by atoms with E-state index in [0.29, 0.717) is 5.56 Å². The van der Waals surface area contributed by atoms with Gasteiger partial charge >= 0.3 is 0 Å². The summed E-state index contributed by atoms with van der Waals surface area (Å²) in [6.07, 6.45) is 1.89. The van der Waals surface area contributed by atoms with Gasteiger partial charge in [0.15, 0.2) is 0 Å². The largest absolute Gasteiger partial charge is 0.496 e. The zero-order chi connectivity index (χ0) is 42.5. The van der Waals surface area contributed by atoms with Crippen LogP contribution >= 0.6 is 0 Å². The molecule has 3 heterocycles. The van der Waals surface area contributed by atoms with Crippen molar-refractivity contribution in [3.05, 3.63) is 175 Å². The lowest BCUT2D eigenvalue weighted by Crippen LogP contribution is -2.16.